The molecule has 198 valence electrons. The standard InChI is InChI=1S/C33H31BrN2O3/c1-22-11-8-9-16-27(22)31(35-25-14-10-15-26(20-25)38-3)33(32(37)39-4,23-12-6-5-7-13-23)29-21-36(2)30-18-17-24(34)19-28(29)30/h5-21,31,35H,1-4H3/t31-,33+/m0/s1. The second-order valence-electron chi connectivity index (χ2n) is 9.65. The third-order valence-corrected chi connectivity index (χ3v) is 7.92. The van der Waals surface area contributed by atoms with Crippen LogP contribution in [0.5, 0.6) is 5.75 Å². The minimum Gasteiger partial charge on any atom is -0.497 e. The molecule has 0 saturated heterocycles. The van der Waals surface area contributed by atoms with Crippen molar-refractivity contribution in [1.82, 2.24) is 4.57 Å². The summed E-state index contributed by atoms with van der Waals surface area (Å²) >= 11 is 3.66. The Hall–Kier alpha value is -4.03. The molecule has 0 aliphatic heterocycles. The molecule has 0 bridgehead atoms. The van der Waals surface area contributed by atoms with Crippen LogP contribution in [-0.4, -0.2) is 24.8 Å². The zero-order chi connectivity index (χ0) is 27.6. The molecule has 1 aromatic heterocycles. The lowest BCUT2D eigenvalue weighted by Crippen LogP contribution is -2.47. The smallest absolute Gasteiger partial charge is 0.323 e. The first kappa shape index (κ1) is 26.6. The first-order valence-corrected chi connectivity index (χ1v) is 13.5. The average Bonchev–Trinajstić information content (AvgIpc) is 3.29. The SMILES string of the molecule is COC(=O)[C@](c1ccccc1)(c1cn(C)c2ccc(Br)cc12)[C@@H](Nc1cccc(OC)c1)c1ccccc1C. The van der Waals surface area contributed by atoms with E-state index in [0.717, 1.165) is 49.1 Å². The maximum atomic E-state index is 14.5. The fraction of sp³-hybridized carbons (Fsp3) is 0.182. The number of esters is 1. The number of rotatable bonds is 8. The van der Waals surface area contributed by atoms with Gasteiger partial charge < -0.3 is 19.4 Å². The van der Waals surface area contributed by atoms with E-state index in [1.165, 1.54) is 7.11 Å². The predicted octanol–water partition coefficient (Wildman–Crippen LogP) is 7.57. The fourth-order valence-corrected chi connectivity index (χ4v) is 5.93. The maximum Gasteiger partial charge on any atom is 0.323 e. The third-order valence-electron chi connectivity index (χ3n) is 7.43. The molecule has 5 nitrogen and oxygen atoms in total. The maximum absolute atomic E-state index is 14.5. The molecular weight excluding hydrogens is 552 g/mol. The Morgan fingerprint density at radius 1 is 0.923 bits per heavy atom. The number of aromatic nitrogens is 1. The molecule has 1 heterocycles. The van der Waals surface area contributed by atoms with E-state index in [9.17, 15) is 4.79 Å². The van der Waals surface area contributed by atoms with Gasteiger partial charge in [-0.2, -0.15) is 0 Å². The summed E-state index contributed by atoms with van der Waals surface area (Å²) in [5, 5.41) is 4.72. The molecule has 1 N–H and O–H groups in total. The van der Waals surface area contributed by atoms with Crippen molar-refractivity contribution in [3.05, 3.63) is 130 Å². The highest BCUT2D eigenvalue weighted by Gasteiger charge is 2.52. The van der Waals surface area contributed by atoms with Gasteiger partial charge in [-0.1, -0.05) is 76.6 Å². The summed E-state index contributed by atoms with van der Waals surface area (Å²) in [6, 6.07) is 31.5. The average molecular weight is 584 g/mol. The Balaban J connectivity index is 1.92. The van der Waals surface area contributed by atoms with Gasteiger partial charge in [-0.15, -0.1) is 0 Å². The second kappa shape index (κ2) is 11.0. The van der Waals surface area contributed by atoms with Crippen LogP contribution in [0, 0.1) is 6.92 Å². The van der Waals surface area contributed by atoms with E-state index < -0.39 is 11.5 Å². The van der Waals surface area contributed by atoms with Crippen LogP contribution in [0.4, 0.5) is 5.69 Å². The summed E-state index contributed by atoms with van der Waals surface area (Å²) in [5.41, 5.74) is 4.31. The number of methoxy groups -OCH3 is 2. The molecule has 39 heavy (non-hydrogen) atoms. The van der Waals surface area contributed by atoms with Crippen molar-refractivity contribution in [3.8, 4) is 5.75 Å². The Morgan fingerprint density at radius 3 is 2.38 bits per heavy atom. The lowest BCUT2D eigenvalue weighted by atomic mass is 9.66. The molecule has 0 radical (unpaired) electrons. The lowest BCUT2D eigenvalue weighted by molar-refractivity contribution is -0.146. The Kier molecular flexibility index (Phi) is 7.49. The van der Waals surface area contributed by atoms with Gasteiger partial charge in [0.2, 0.25) is 0 Å². The van der Waals surface area contributed by atoms with E-state index in [4.69, 9.17) is 9.47 Å². The third kappa shape index (κ3) is 4.70. The molecule has 2 atom stereocenters. The highest BCUT2D eigenvalue weighted by molar-refractivity contribution is 9.10. The van der Waals surface area contributed by atoms with Gasteiger partial charge in [0, 0.05) is 45.9 Å². The van der Waals surface area contributed by atoms with Crippen LogP contribution < -0.4 is 10.1 Å². The minimum atomic E-state index is -1.26. The van der Waals surface area contributed by atoms with Crippen LogP contribution in [0.25, 0.3) is 10.9 Å². The monoisotopic (exact) mass is 582 g/mol. The zero-order valence-electron chi connectivity index (χ0n) is 22.4. The van der Waals surface area contributed by atoms with Crippen molar-refractivity contribution in [2.45, 2.75) is 18.4 Å². The van der Waals surface area contributed by atoms with Crippen LogP contribution in [0.2, 0.25) is 0 Å². The van der Waals surface area contributed by atoms with Crippen molar-refractivity contribution in [3.63, 3.8) is 0 Å². The zero-order valence-corrected chi connectivity index (χ0v) is 24.0. The molecule has 0 aliphatic carbocycles. The van der Waals surface area contributed by atoms with Crippen molar-refractivity contribution in [2.24, 2.45) is 7.05 Å². The molecule has 0 spiro atoms. The molecule has 4 aromatic carbocycles. The quantitative estimate of drug-likeness (QED) is 0.192. The highest BCUT2D eigenvalue weighted by Crippen LogP contribution is 2.49. The van der Waals surface area contributed by atoms with Crippen LogP contribution in [0.3, 0.4) is 0 Å². The number of carbonyl (C=O) groups excluding carboxylic acids is 1. The molecule has 6 heteroatoms. The van der Waals surface area contributed by atoms with E-state index in [2.05, 4.69) is 63.2 Å². The molecule has 5 aromatic rings. The van der Waals surface area contributed by atoms with Crippen LogP contribution in [0.1, 0.15) is 28.3 Å². The van der Waals surface area contributed by atoms with Crippen LogP contribution in [-0.2, 0) is 22.0 Å². The first-order valence-electron chi connectivity index (χ1n) is 12.7. The number of nitrogens with one attached hydrogen (secondary N) is 1. The number of fused-ring (bicyclic) bond motifs is 1. The molecule has 0 fully saturated rings. The number of aryl methyl sites for hydroxylation is 2. The van der Waals surface area contributed by atoms with Gasteiger partial charge >= 0.3 is 5.97 Å². The number of halogens is 1. The predicted molar refractivity (Wildman–Crippen MR) is 160 cm³/mol. The Labute approximate surface area is 237 Å². The van der Waals surface area contributed by atoms with Crippen molar-refractivity contribution in [1.29, 1.82) is 0 Å². The Morgan fingerprint density at radius 2 is 1.67 bits per heavy atom. The van der Waals surface area contributed by atoms with Gasteiger partial charge in [0.25, 0.3) is 0 Å². The molecule has 0 amide bonds. The number of hydrogen-bond acceptors (Lipinski definition) is 4. The number of benzene rings is 4. The number of carbonyl (C=O) groups is 1. The van der Waals surface area contributed by atoms with Crippen LogP contribution >= 0.6 is 15.9 Å². The molecule has 0 saturated carbocycles. The van der Waals surface area contributed by atoms with Gasteiger partial charge in [-0.25, -0.2) is 0 Å². The summed E-state index contributed by atoms with van der Waals surface area (Å²) in [5.74, 6) is 0.367. The van der Waals surface area contributed by atoms with Crippen LogP contribution in [0.15, 0.2) is 108 Å². The largest absolute Gasteiger partial charge is 0.497 e. The van der Waals surface area contributed by atoms with Gasteiger partial charge in [0.05, 0.1) is 20.3 Å². The Bertz CT molecular complexity index is 1630. The summed E-state index contributed by atoms with van der Waals surface area (Å²) in [6.07, 6.45) is 2.06. The molecule has 0 unspecified atom stereocenters. The van der Waals surface area contributed by atoms with Crippen molar-refractivity contribution in [2.75, 3.05) is 19.5 Å². The topological polar surface area (TPSA) is 52.5 Å². The highest BCUT2D eigenvalue weighted by atomic mass is 79.9. The normalized spacial score (nSPS) is 13.5. The summed E-state index contributed by atoms with van der Waals surface area (Å²) in [7, 11) is 5.11. The van der Waals surface area contributed by atoms with Crippen molar-refractivity contribution >= 4 is 38.5 Å². The number of anilines is 1. The van der Waals surface area contributed by atoms with Gasteiger partial charge in [0.15, 0.2) is 0 Å². The van der Waals surface area contributed by atoms with Crippen molar-refractivity contribution < 1.29 is 14.3 Å². The van der Waals surface area contributed by atoms with Gasteiger partial charge in [-0.3, -0.25) is 4.79 Å². The summed E-state index contributed by atoms with van der Waals surface area (Å²) in [4.78, 5) is 14.5. The first-order chi connectivity index (χ1) is 18.9. The van der Waals surface area contributed by atoms with Gasteiger partial charge in [0.1, 0.15) is 11.2 Å². The molecule has 5 rings (SSSR count). The van der Waals surface area contributed by atoms with E-state index in [0.29, 0.717) is 0 Å². The number of ether oxygens (including phenoxy) is 2. The number of nitrogens with zero attached hydrogens (tertiary/aromatic N) is 1. The van der Waals surface area contributed by atoms with E-state index >= 15 is 0 Å². The van der Waals surface area contributed by atoms with E-state index in [1.807, 2.05) is 79.8 Å². The number of hydrogen-bond donors (Lipinski definition) is 1. The molecular formula is C33H31BrN2O3. The fourth-order valence-electron chi connectivity index (χ4n) is 5.57. The summed E-state index contributed by atoms with van der Waals surface area (Å²) < 4.78 is 14.2. The van der Waals surface area contributed by atoms with E-state index in [-0.39, 0.29) is 5.97 Å². The lowest BCUT2D eigenvalue weighted by Gasteiger charge is -2.40. The minimum absolute atomic E-state index is 0.357. The second-order valence-corrected chi connectivity index (χ2v) is 10.6. The molecule has 0 aliphatic rings. The van der Waals surface area contributed by atoms with E-state index in [1.54, 1.807) is 7.11 Å². The summed E-state index contributed by atoms with van der Waals surface area (Å²) in [6.45, 7) is 2.07. The van der Waals surface area contributed by atoms with Gasteiger partial charge in [-0.05, 0) is 53.9 Å².